The van der Waals surface area contributed by atoms with E-state index in [0.717, 1.165) is 6.42 Å². The molecule has 2 N–H and O–H groups in total. The van der Waals surface area contributed by atoms with Gasteiger partial charge in [-0.25, -0.2) is 8.42 Å². The van der Waals surface area contributed by atoms with Gasteiger partial charge in [-0.2, -0.15) is 0 Å². The number of nitrogens with zero attached hydrogens (tertiary/aromatic N) is 1. The molecule has 17 heavy (non-hydrogen) atoms. The molecule has 0 aliphatic carbocycles. The van der Waals surface area contributed by atoms with Crippen LogP contribution in [0.2, 0.25) is 0 Å². The van der Waals surface area contributed by atoms with Crippen molar-refractivity contribution in [2.75, 3.05) is 18.6 Å². The summed E-state index contributed by atoms with van der Waals surface area (Å²) in [4.78, 5) is 2.18. The van der Waals surface area contributed by atoms with Crippen LogP contribution in [0.25, 0.3) is 0 Å². The third-order valence-electron chi connectivity index (χ3n) is 3.61. The molecule has 0 amide bonds. The van der Waals surface area contributed by atoms with E-state index in [1.807, 2.05) is 14.0 Å². The van der Waals surface area contributed by atoms with Crippen LogP contribution in [-0.4, -0.2) is 50.0 Å². The predicted molar refractivity (Wildman–Crippen MR) is 71.7 cm³/mol. The summed E-state index contributed by atoms with van der Waals surface area (Å²) in [6, 6.07) is 0.347. The van der Waals surface area contributed by atoms with Gasteiger partial charge in [0.2, 0.25) is 0 Å². The van der Waals surface area contributed by atoms with E-state index in [-0.39, 0.29) is 29.3 Å². The zero-order chi connectivity index (χ0) is 13.4. The Balaban J connectivity index is 2.84. The maximum atomic E-state index is 11.5. The molecule has 3 unspecified atom stereocenters. The quantitative estimate of drug-likeness (QED) is 0.819. The lowest BCUT2D eigenvalue weighted by atomic mass is 9.81. The van der Waals surface area contributed by atoms with Crippen LogP contribution in [0.5, 0.6) is 0 Å². The molecule has 0 aromatic rings. The molecule has 1 aliphatic rings. The van der Waals surface area contributed by atoms with Crippen LogP contribution in [0, 0.1) is 5.41 Å². The van der Waals surface area contributed by atoms with E-state index in [1.165, 1.54) is 0 Å². The van der Waals surface area contributed by atoms with Crippen LogP contribution in [0.1, 0.15) is 34.1 Å². The summed E-state index contributed by atoms with van der Waals surface area (Å²) in [5.74, 6) is 0.598. The lowest BCUT2D eigenvalue weighted by molar-refractivity contribution is 0.0769. The van der Waals surface area contributed by atoms with Gasteiger partial charge in [-0.05, 0) is 25.8 Å². The molecule has 1 fully saturated rings. The first-order valence-electron chi connectivity index (χ1n) is 6.22. The first kappa shape index (κ1) is 14.9. The first-order valence-corrected chi connectivity index (χ1v) is 8.04. The number of nitrogens with two attached hydrogens (primary N) is 1. The SMILES string of the molecule is CC(N)C(N(C)C1CCS(=O)(=O)C1)C(C)(C)C. The predicted octanol–water partition coefficient (Wildman–Crippen LogP) is 0.867. The molecular weight excluding hydrogens is 236 g/mol. The van der Waals surface area contributed by atoms with E-state index >= 15 is 0 Å². The van der Waals surface area contributed by atoms with Crippen molar-refractivity contribution in [3.63, 3.8) is 0 Å². The molecule has 1 rings (SSSR count). The summed E-state index contributed by atoms with van der Waals surface area (Å²) in [5, 5.41) is 0. The summed E-state index contributed by atoms with van der Waals surface area (Å²) in [6.07, 6.45) is 0.734. The van der Waals surface area contributed by atoms with Gasteiger partial charge in [0, 0.05) is 18.1 Å². The second-order valence-corrected chi connectivity index (χ2v) is 8.62. The molecule has 1 saturated heterocycles. The Morgan fingerprint density at radius 1 is 1.35 bits per heavy atom. The summed E-state index contributed by atoms with van der Waals surface area (Å²) in [5.41, 5.74) is 6.12. The molecule has 0 radical (unpaired) electrons. The lowest BCUT2D eigenvalue weighted by Crippen LogP contribution is -2.55. The minimum Gasteiger partial charge on any atom is -0.327 e. The van der Waals surface area contributed by atoms with Crippen molar-refractivity contribution in [2.24, 2.45) is 11.1 Å². The highest BCUT2D eigenvalue weighted by molar-refractivity contribution is 7.91. The van der Waals surface area contributed by atoms with E-state index in [9.17, 15) is 8.42 Å². The maximum absolute atomic E-state index is 11.5. The summed E-state index contributed by atoms with van der Waals surface area (Å²) < 4.78 is 23.1. The van der Waals surface area contributed by atoms with Gasteiger partial charge in [0.05, 0.1) is 11.5 Å². The van der Waals surface area contributed by atoms with Crippen LogP contribution >= 0.6 is 0 Å². The Bertz CT molecular complexity index is 357. The smallest absolute Gasteiger partial charge is 0.151 e. The van der Waals surface area contributed by atoms with E-state index in [4.69, 9.17) is 5.73 Å². The first-order chi connectivity index (χ1) is 7.54. The Morgan fingerprint density at radius 3 is 2.18 bits per heavy atom. The Morgan fingerprint density at radius 2 is 1.88 bits per heavy atom. The molecule has 1 aliphatic heterocycles. The van der Waals surface area contributed by atoms with Gasteiger partial charge < -0.3 is 5.73 Å². The van der Waals surface area contributed by atoms with Gasteiger partial charge in [-0.1, -0.05) is 20.8 Å². The fraction of sp³-hybridized carbons (Fsp3) is 1.00. The van der Waals surface area contributed by atoms with E-state index in [0.29, 0.717) is 5.75 Å². The molecule has 0 spiro atoms. The number of hydrogen-bond acceptors (Lipinski definition) is 4. The largest absolute Gasteiger partial charge is 0.327 e. The Labute approximate surface area is 105 Å². The molecule has 4 nitrogen and oxygen atoms in total. The molecule has 0 bridgehead atoms. The van der Waals surface area contributed by atoms with Gasteiger partial charge in [0.1, 0.15) is 0 Å². The highest BCUT2D eigenvalue weighted by atomic mass is 32.2. The third kappa shape index (κ3) is 3.66. The van der Waals surface area contributed by atoms with Gasteiger partial charge >= 0.3 is 0 Å². The van der Waals surface area contributed by atoms with Crippen molar-refractivity contribution in [2.45, 2.75) is 52.2 Å². The Kier molecular flexibility index (Phi) is 4.27. The van der Waals surface area contributed by atoms with Crippen molar-refractivity contribution in [1.82, 2.24) is 4.90 Å². The Hall–Kier alpha value is -0.130. The molecule has 3 atom stereocenters. The monoisotopic (exact) mass is 262 g/mol. The highest BCUT2D eigenvalue weighted by Crippen LogP contribution is 2.29. The average molecular weight is 262 g/mol. The van der Waals surface area contributed by atoms with Crippen molar-refractivity contribution >= 4 is 9.84 Å². The summed E-state index contributed by atoms with van der Waals surface area (Å²) >= 11 is 0. The minimum absolute atomic E-state index is 0.0308. The van der Waals surface area contributed by atoms with E-state index < -0.39 is 9.84 Å². The number of rotatable bonds is 3. The van der Waals surface area contributed by atoms with Crippen LogP contribution < -0.4 is 5.73 Å². The summed E-state index contributed by atoms with van der Waals surface area (Å²) in [6.45, 7) is 8.46. The number of likely N-dealkylation sites (N-methyl/N-ethyl adjacent to an activating group) is 1. The highest BCUT2D eigenvalue weighted by Gasteiger charge is 2.39. The fourth-order valence-corrected chi connectivity index (χ4v) is 4.88. The van der Waals surface area contributed by atoms with Crippen molar-refractivity contribution < 1.29 is 8.42 Å². The van der Waals surface area contributed by atoms with E-state index in [1.54, 1.807) is 0 Å². The van der Waals surface area contributed by atoms with Gasteiger partial charge in [0.15, 0.2) is 9.84 Å². The van der Waals surface area contributed by atoms with Gasteiger partial charge in [-0.15, -0.1) is 0 Å². The second kappa shape index (κ2) is 4.86. The molecular formula is C12H26N2O2S. The van der Waals surface area contributed by atoms with Gasteiger partial charge in [-0.3, -0.25) is 4.90 Å². The van der Waals surface area contributed by atoms with Crippen molar-refractivity contribution in [1.29, 1.82) is 0 Å². The fourth-order valence-electron chi connectivity index (χ4n) is 3.09. The van der Waals surface area contributed by atoms with Crippen LogP contribution in [0.3, 0.4) is 0 Å². The van der Waals surface area contributed by atoms with Crippen LogP contribution in [0.15, 0.2) is 0 Å². The average Bonchev–Trinajstić information content (AvgIpc) is 2.42. The zero-order valence-corrected chi connectivity index (χ0v) is 12.4. The third-order valence-corrected chi connectivity index (χ3v) is 5.36. The standard InChI is InChI=1S/C12H26N2O2S/c1-9(13)11(12(2,3)4)14(5)10-6-7-17(15,16)8-10/h9-11H,6-8,13H2,1-5H3. The van der Waals surface area contributed by atoms with Crippen molar-refractivity contribution in [3.8, 4) is 0 Å². The molecule has 0 aromatic carbocycles. The lowest BCUT2D eigenvalue weighted by Gasteiger charge is -2.43. The maximum Gasteiger partial charge on any atom is 0.151 e. The van der Waals surface area contributed by atoms with E-state index in [2.05, 4.69) is 25.7 Å². The minimum atomic E-state index is -2.83. The number of hydrogen-bond donors (Lipinski definition) is 1. The zero-order valence-electron chi connectivity index (χ0n) is 11.6. The van der Waals surface area contributed by atoms with Crippen molar-refractivity contribution in [3.05, 3.63) is 0 Å². The van der Waals surface area contributed by atoms with Crippen LogP contribution in [-0.2, 0) is 9.84 Å². The molecule has 0 aromatic heterocycles. The summed E-state index contributed by atoms with van der Waals surface area (Å²) in [7, 11) is -0.823. The molecule has 0 saturated carbocycles. The topological polar surface area (TPSA) is 63.4 Å². The molecule has 102 valence electrons. The number of sulfone groups is 1. The molecule has 1 heterocycles. The van der Waals surface area contributed by atoms with Crippen LogP contribution in [0.4, 0.5) is 0 Å². The van der Waals surface area contributed by atoms with Gasteiger partial charge in [0.25, 0.3) is 0 Å². The molecule has 5 heteroatoms. The normalized spacial score (nSPS) is 28.3. The second-order valence-electron chi connectivity index (χ2n) is 6.39.